The molecule has 1 saturated heterocycles. The molecular formula is C23H23FN4O3S. The maximum Gasteiger partial charge on any atom is 0.325 e. The summed E-state index contributed by atoms with van der Waals surface area (Å²) in [6.45, 7) is 1.27. The zero-order chi connectivity index (χ0) is 22.9. The van der Waals surface area contributed by atoms with Gasteiger partial charge in [-0.15, -0.1) is 11.3 Å². The number of aryl methyl sites for hydroxylation is 1. The summed E-state index contributed by atoms with van der Waals surface area (Å²) in [5.41, 5.74) is 0.591. The molecule has 1 atom stereocenters. The second-order valence-corrected chi connectivity index (χ2v) is 9.12. The molecule has 1 unspecified atom stereocenters. The first kappa shape index (κ1) is 22.0. The predicted octanol–water partition coefficient (Wildman–Crippen LogP) is 3.82. The Labute approximate surface area is 189 Å². The number of nitrogens with one attached hydrogen (secondary N) is 2. The zero-order valence-corrected chi connectivity index (χ0v) is 18.5. The molecule has 4 amide bonds. The van der Waals surface area contributed by atoms with Gasteiger partial charge >= 0.3 is 6.03 Å². The molecule has 1 aromatic carbocycles. The van der Waals surface area contributed by atoms with Crippen LogP contribution in [-0.4, -0.2) is 29.3 Å². The number of hydrogen-bond donors (Lipinski definition) is 2. The van der Waals surface area contributed by atoms with E-state index in [-0.39, 0.29) is 6.42 Å². The second-order valence-electron chi connectivity index (χ2n) is 8.02. The number of nitrogens with zero attached hydrogens (tertiary/aromatic N) is 2. The molecule has 166 valence electrons. The van der Waals surface area contributed by atoms with Gasteiger partial charge in [0.2, 0.25) is 5.91 Å². The van der Waals surface area contributed by atoms with Crippen molar-refractivity contribution >= 4 is 34.2 Å². The van der Waals surface area contributed by atoms with E-state index in [1.165, 1.54) is 35.6 Å². The van der Waals surface area contributed by atoms with Gasteiger partial charge in [-0.1, -0.05) is 25.5 Å². The third-order valence-corrected chi connectivity index (χ3v) is 7.34. The highest BCUT2D eigenvalue weighted by atomic mass is 32.1. The molecular weight excluding hydrogens is 431 g/mol. The van der Waals surface area contributed by atoms with Crippen LogP contribution >= 0.6 is 11.3 Å². The highest BCUT2D eigenvalue weighted by Crippen LogP contribution is 2.37. The number of thiophene rings is 1. The van der Waals surface area contributed by atoms with Crippen molar-refractivity contribution in [1.82, 2.24) is 10.2 Å². The van der Waals surface area contributed by atoms with Gasteiger partial charge in [0.25, 0.3) is 5.91 Å². The van der Waals surface area contributed by atoms with Crippen LogP contribution in [0.25, 0.3) is 0 Å². The number of imide groups is 1. The molecule has 2 aliphatic rings. The zero-order valence-electron chi connectivity index (χ0n) is 17.7. The van der Waals surface area contributed by atoms with Crippen LogP contribution in [0.2, 0.25) is 0 Å². The summed E-state index contributed by atoms with van der Waals surface area (Å²) in [5.74, 6) is -1.56. The quantitative estimate of drug-likeness (QED) is 0.530. The average Bonchev–Trinajstić information content (AvgIpc) is 3.10. The van der Waals surface area contributed by atoms with Crippen molar-refractivity contribution in [2.45, 2.75) is 51.0 Å². The molecule has 2 N–H and O–H groups in total. The van der Waals surface area contributed by atoms with Gasteiger partial charge in [0.1, 0.15) is 29.0 Å². The number of hydrogen-bond acceptors (Lipinski definition) is 5. The van der Waals surface area contributed by atoms with Crippen molar-refractivity contribution in [3.05, 3.63) is 51.7 Å². The average molecular weight is 455 g/mol. The Hall–Kier alpha value is -3.25. The van der Waals surface area contributed by atoms with Crippen LogP contribution in [0.4, 0.5) is 14.2 Å². The van der Waals surface area contributed by atoms with E-state index in [0.29, 0.717) is 16.1 Å². The predicted molar refractivity (Wildman–Crippen MR) is 118 cm³/mol. The van der Waals surface area contributed by atoms with Crippen LogP contribution in [0.3, 0.4) is 0 Å². The Bertz CT molecular complexity index is 1120. The van der Waals surface area contributed by atoms with Gasteiger partial charge in [0, 0.05) is 4.88 Å². The summed E-state index contributed by atoms with van der Waals surface area (Å²) in [5, 5.41) is 15.5. The topological polar surface area (TPSA) is 102 Å². The first-order valence-corrected chi connectivity index (χ1v) is 11.5. The van der Waals surface area contributed by atoms with E-state index in [4.69, 9.17) is 0 Å². The monoisotopic (exact) mass is 454 g/mol. The fourth-order valence-corrected chi connectivity index (χ4v) is 5.66. The van der Waals surface area contributed by atoms with Gasteiger partial charge in [-0.3, -0.25) is 14.5 Å². The van der Waals surface area contributed by atoms with Gasteiger partial charge in [0.15, 0.2) is 0 Å². The molecule has 0 spiro atoms. The van der Waals surface area contributed by atoms with E-state index >= 15 is 0 Å². The lowest BCUT2D eigenvalue weighted by atomic mass is 9.87. The molecule has 1 aliphatic carbocycles. The fraction of sp³-hybridized carbons (Fsp3) is 0.391. The molecule has 2 aromatic rings. The maximum atomic E-state index is 13.3. The number of fused-ring (bicyclic) bond motifs is 1. The summed E-state index contributed by atoms with van der Waals surface area (Å²) in [4.78, 5) is 40.5. The highest BCUT2D eigenvalue weighted by Gasteiger charge is 2.51. The van der Waals surface area contributed by atoms with Gasteiger partial charge in [-0.05, 0) is 55.4 Å². The lowest BCUT2D eigenvalue weighted by molar-refractivity contribution is -0.134. The first-order valence-electron chi connectivity index (χ1n) is 10.6. The van der Waals surface area contributed by atoms with Crippen LogP contribution < -0.4 is 10.6 Å². The Balaban J connectivity index is 1.53. The minimum atomic E-state index is -1.34. The maximum absolute atomic E-state index is 13.3. The van der Waals surface area contributed by atoms with Crippen LogP contribution in [0, 0.1) is 17.1 Å². The van der Waals surface area contributed by atoms with Crippen LogP contribution in [-0.2, 0) is 28.0 Å². The van der Waals surface area contributed by atoms with E-state index in [0.717, 1.165) is 47.4 Å². The fourth-order valence-electron chi connectivity index (χ4n) is 4.40. The molecule has 7 nitrogen and oxygen atoms in total. The molecule has 9 heteroatoms. The van der Waals surface area contributed by atoms with Gasteiger partial charge in [-0.2, -0.15) is 5.26 Å². The molecule has 2 heterocycles. The largest absolute Gasteiger partial charge is 0.325 e. The van der Waals surface area contributed by atoms with Crippen LogP contribution in [0.5, 0.6) is 0 Å². The smallest absolute Gasteiger partial charge is 0.319 e. The number of urea groups is 1. The van der Waals surface area contributed by atoms with Crippen molar-refractivity contribution in [3.8, 4) is 6.07 Å². The van der Waals surface area contributed by atoms with Crippen molar-refractivity contribution in [3.63, 3.8) is 0 Å². The molecule has 4 rings (SSSR count). The number of amides is 4. The molecule has 1 fully saturated rings. The minimum absolute atomic E-state index is 0.248. The van der Waals surface area contributed by atoms with E-state index in [1.54, 1.807) is 6.92 Å². The third kappa shape index (κ3) is 3.75. The number of anilines is 1. The number of halogens is 1. The number of benzene rings is 1. The number of rotatable bonds is 5. The molecule has 0 bridgehead atoms. The lowest BCUT2D eigenvalue weighted by Crippen LogP contribution is -2.44. The summed E-state index contributed by atoms with van der Waals surface area (Å²) in [6, 6.07) is 6.89. The highest BCUT2D eigenvalue weighted by molar-refractivity contribution is 7.16. The SMILES string of the molecule is CCC1(c2ccc(F)cc2)NC(=O)N(CC(=O)Nc2sc3c(c2C#N)CCCCC3)C1=O. The van der Waals surface area contributed by atoms with Gasteiger partial charge < -0.3 is 10.6 Å². The van der Waals surface area contributed by atoms with Crippen LogP contribution in [0.1, 0.15) is 54.2 Å². The van der Waals surface area contributed by atoms with E-state index < -0.39 is 35.7 Å². The number of nitriles is 1. The Morgan fingerprint density at radius 1 is 1.25 bits per heavy atom. The molecule has 1 aliphatic heterocycles. The second kappa shape index (κ2) is 8.71. The van der Waals surface area contributed by atoms with Crippen molar-refractivity contribution in [2.75, 3.05) is 11.9 Å². The van der Waals surface area contributed by atoms with E-state index in [9.17, 15) is 24.0 Å². The summed E-state index contributed by atoms with van der Waals surface area (Å²) in [6.07, 6.45) is 5.13. The summed E-state index contributed by atoms with van der Waals surface area (Å²) >= 11 is 1.40. The molecule has 32 heavy (non-hydrogen) atoms. The van der Waals surface area contributed by atoms with Crippen molar-refractivity contribution in [2.24, 2.45) is 0 Å². The van der Waals surface area contributed by atoms with E-state index in [1.807, 2.05) is 0 Å². The van der Waals surface area contributed by atoms with Crippen molar-refractivity contribution < 1.29 is 18.8 Å². The van der Waals surface area contributed by atoms with E-state index in [2.05, 4.69) is 16.7 Å². The molecule has 0 radical (unpaired) electrons. The van der Waals surface area contributed by atoms with Gasteiger partial charge in [-0.25, -0.2) is 9.18 Å². The Morgan fingerprint density at radius 2 is 1.97 bits per heavy atom. The Morgan fingerprint density at radius 3 is 2.66 bits per heavy atom. The number of carbonyl (C=O) groups is 3. The van der Waals surface area contributed by atoms with Crippen molar-refractivity contribution in [1.29, 1.82) is 5.26 Å². The number of carbonyl (C=O) groups excluding carboxylic acids is 3. The van der Waals surface area contributed by atoms with Crippen LogP contribution in [0.15, 0.2) is 24.3 Å². The first-order chi connectivity index (χ1) is 15.4. The molecule has 0 saturated carbocycles. The standard InChI is InChI=1S/C23H23FN4O3S/c1-2-23(14-8-10-15(24)11-9-14)21(30)28(22(31)27-23)13-19(29)26-20-17(12-25)16-6-4-3-5-7-18(16)32-20/h8-11H,2-7,13H2,1H3,(H,26,29)(H,27,31). The third-order valence-electron chi connectivity index (χ3n) is 6.13. The lowest BCUT2D eigenvalue weighted by Gasteiger charge is -2.25. The summed E-state index contributed by atoms with van der Waals surface area (Å²) in [7, 11) is 0. The molecule has 1 aromatic heterocycles. The minimum Gasteiger partial charge on any atom is -0.319 e. The Kier molecular flexibility index (Phi) is 5.98. The normalized spacial score (nSPS) is 20.3. The van der Waals surface area contributed by atoms with Gasteiger partial charge in [0.05, 0.1) is 5.56 Å². The summed E-state index contributed by atoms with van der Waals surface area (Å²) < 4.78 is 13.3.